The van der Waals surface area contributed by atoms with E-state index in [0.29, 0.717) is 12.0 Å². The lowest BCUT2D eigenvalue weighted by atomic mass is 10.1. The van der Waals surface area contributed by atoms with Gasteiger partial charge in [0.05, 0.1) is 12.5 Å². The summed E-state index contributed by atoms with van der Waals surface area (Å²) in [6, 6.07) is 15.1. The number of hydrogen-bond donors (Lipinski definition) is 1. The Hall–Kier alpha value is -2.60. The van der Waals surface area contributed by atoms with Gasteiger partial charge in [0.15, 0.2) is 0 Å². The molecule has 1 amide bonds. The lowest BCUT2D eigenvalue weighted by Crippen LogP contribution is -2.12. The summed E-state index contributed by atoms with van der Waals surface area (Å²) < 4.78 is 0. The van der Waals surface area contributed by atoms with Crippen LogP contribution in [0.15, 0.2) is 42.5 Å². The van der Waals surface area contributed by atoms with E-state index in [1.54, 1.807) is 24.3 Å². The van der Waals surface area contributed by atoms with E-state index in [1.807, 2.05) is 26.0 Å². The van der Waals surface area contributed by atoms with Crippen molar-refractivity contribution in [3.63, 3.8) is 0 Å². The highest BCUT2D eigenvalue weighted by molar-refractivity contribution is 6.04. The van der Waals surface area contributed by atoms with E-state index in [-0.39, 0.29) is 5.91 Å². The van der Waals surface area contributed by atoms with Crippen molar-refractivity contribution in [3.8, 4) is 6.07 Å². The number of aryl methyl sites for hydroxylation is 2. The number of benzene rings is 2. The molecule has 0 saturated heterocycles. The number of carbonyl (C=O) groups excluding carboxylic acids is 1. The normalized spacial score (nSPS) is 9.85. The van der Waals surface area contributed by atoms with Crippen LogP contribution in [-0.4, -0.2) is 5.91 Å². The fourth-order valence-electron chi connectivity index (χ4n) is 2.12. The highest BCUT2D eigenvalue weighted by atomic mass is 16.1. The number of nitrogens with zero attached hydrogens (tertiary/aromatic N) is 1. The van der Waals surface area contributed by atoms with E-state index < -0.39 is 0 Å². The van der Waals surface area contributed by atoms with Gasteiger partial charge in [0, 0.05) is 11.3 Å². The summed E-state index contributed by atoms with van der Waals surface area (Å²) in [5.74, 6) is -0.140. The molecule has 0 aliphatic heterocycles. The van der Waals surface area contributed by atoms with Crippen molar-refractivity contribution in [2.45, 2.75) is 20.3 Å². The van der Waals surface area contributed by atoms with Gasteiger partial charge in [-0.3, -0.25) is 4.79 Å². The van der Waals surface area contributed by atoms with Crippen molar-refractivity contribution in [3.05, 3.63) is 64.7 Å². The van der Waals surface area contributed by atoms with Crippen molar-refractivity contribution in [2.75, 3.05) is 5.32 Å². The maximum Gasteiger partial charge on any atom is 0.255 e. The summed E-state index contributed by atoms with van der Waals surface area (Å²) >= 11 is 0. The van der Waals surface area contributed by atoms with E-state index in [2.05, 4.69) is 17.5 Å². The summed E-state index contributed by atoms with van der Waals surface area (Å²) in [7, 11) is 0. The number of anilines is 1. The van der Waals surface area contributed by atoms with Gasteiger partial charge in [0.25, 0.3) is 5.91 Å². The molecular formula is C17H16N2O. The topological polar surface area (TPSA) is 52.9 Å². The van der Waals surface area contributed by atoms with Gasteiger partial charge in [-0.15, -0.1) is 0 Å². The molecule has 0 bridgehead atoms. The first-order valence-electron chi connectivity index (χ1n) is 6.44. The molecule has 1 N–H and O–H groups in total. The summed E-state index contributed by atoms with van der Waals surface area (Å²) in [4.78, 5) is 12.1. The molecule has 0 radical (unpaired) electrons. The Morgan fingerprint density at radius 2 is 1.70 bits per heavy atom. The predicted molar refractivity (Wildman–Crippen MR) is 79.6 cm³/mol. The van der Waals surface area contributed by atoms with Crippen molar-refractivity contribution in [1.29, 1.82) is 5.26 Å². The maximum atomic E-state index is 12.1. The van der Waals surface area contributed by atoms with E-state index >= 15 is 0 Å². The van der Waals surface area contributed by atoms with Crippen LogP contribution in [0.5, 0.6) is 0 Å². The smallest absolute Gasteiger partial charge is 0.255 e. The Morgan fingerprint density at radius 1 is 1.10 bits per heavy atom. The van der Waals surface area contributed by atoms with Gasteiger partial charge >= 0.3 is 0 Å². The average Bonchev–Trinajstić information content (AvgIpc) is 2.38. The van der Waals surface area contributed by atoms with Crippen LogP contribution >= 0.6 is 0 Å². The predicted octanol–water partition coefficient (Wildman–Crippen LogP) is 3.62. The molecule has 0 fully saturated rings. The molecule has 3 heteroatoms. The molecule has 0 spiro atoms. The van der Waals surface area contributed by atoms with E-state index in [9.17, 15) is 4.79 Å². The van der Waals surface area contributed by atoms with Gasteiger partial charge in [0.2, 0.25) is 0 Å². The first kappa shape index (κ1) is 13.8. The monoisotopic (exact) mass is 264 g/mol. The lowest BCUT2D eigenvalue weighted by molar-refractivity contribution is 0.102. The van der Waals surface area contributed by atoms with Gasteiger partial charge in [-0.05, 0) is 54.8 Å². The Labute approximate surface area is 118 Å². The highest BCUT2D eigenvalue weighted by Crippen LogP contribution is 2.15. The standard InChI is InChI=1S/C17H16N2O/c1-12-9-13(2)11-16(10-12)19-17(20)15-5-3-14(4-6-15)7-8-18/h3-6,9-11H,7H2,1-2H3,(H,19,20). The van der Waals surface area contributed by atoms with Gasteiger partial charge < -0.3 is 5.32 Å². The molecule has 0 atom stereocenters. The van der Waals surface area contributed by atoms with Crippen molar-refractivity contribution in [2.24, 2.45) is 0 Å². The number of hydrogen-bond acceptors (Lipinski definition) is 2. The third-order valence-corrected chi connectivity index (χ3v) is 2.98. The highest BCUT2D eigenvalue weighted by Gasteiger charge is 2.06. The summed E-state index contributed by atoms with van der Waals surface area (Å²) in [5.41, 5.74) is 4.53. The molecule has 0 aliphatic carbocycles. The van der Waals surface area contributed by atoms with Crippen LogP contribution < -0.4 is 5.32 Å². The zero-order valence-corrected chi connectivity index (χ0v) is 11.6. The molecule has 0 saturated carbocycles. The molecule has 100 valence electrons. The number of rotatable bonds is 3. The molecule has 0 aromatic heterocycles. The Morgan fingerprint density at radius 3 is 2.25 bits per heavy atom. The minimum atomic E-state index is -0.140. The van der Waals surface area contributed by atoms with Crippen LogP contribution in [-0.2, 0) is 6.42 Å². The number of nitriles is 1. The molecule has 2 aromatic rings. The van der Waals surface area contributed by atoms with Crippen LogP contribution in [0.2, 0.25) is 0 Å². The van der Waals surface area contributed by atoms with Crippen molar-refractivity contribution in [1.82, 2.24) is 0 Å². The molecule has 0 unspecified atom stereocenters. The minimum Gasteiger partial charge on any atom is -0.322 e. The first-order chi connectivity index (χ1) is 9.58. The van der Waals surface area contributed by atoms with Crippen molar-refractivity contribution >= 4 is 11.6 Å². The Bertz CT molecular complexity index is 646. The maximum absolute atomic E-state index is 12.1. The van der Waals surface area contributed by atoms with Crippen LogP contribution in [0.4, 0.5) is 5.69 Å². The molecule has 0 aliphatic rings. The van der Waals surface area contributed by atoms with E-state index in [4.69, 9.17) is 5.26 Å². The van der Waals surface area contributed by atoms with Gasteiger partial charge in [-0.1, -0.05) is 18.2 Å². The van der Waals surface area contributed by atoms with Crippen LogP contribution in [0, 0.1) is 25.2 Å². The molecular weight excluding hydrogens is 248 g/mol. The Balaban J connectivity index is 2.13. The second-order valence-corrected chi connectivity index (χ2v) is 4.86. The van der Waals surface area contributed by atoms with Crippen LogP contribution in [0.3, 0.4) is 0 Å². The lowest BCUT2D eigenvalue weighted by Gasteiger charge is -2.08. The average molecular weight is 264 g/mol. The number of nitrogens with one attached hydrogen (secondary N) is 1. The fourth-order valence-corrected chi connectivity index (χ4v) is 2.12. The zero-order valence-electron chi connectivity index (χ0n) is 11.6. The van der Waals surface area contributed by atoms with Crippen LogP contribution in [0.25, 0.3) is 0 Å². The van der Waals surface area contributed by atoms with Crippen molar-refractivity contribution < 1.29 is 4.79 Å². The quantitative estimate of drug-likeness (QED) is 0.920. The molecule has 3 nitrogen and oxygen atoms in total. The third kappa shape index (κ3) is 3.46. The first-order valence-corrected chi connectivity index (χ1v) is 6.44. The summed E-state index contributed by atoms with van der Waals surface area (Å²) in [6.07, 6.45) is 0.360. The second kappa shape index (κ2) is 6.03. The molecule has 2 rings (SSSR count). The number of amides is 1. The van der Waals surface area contributed by atoms with Gasteiger partial charge in [-0.25, -0.2) is 0 Å². The molecule has 20 heavy (non-hydrogen) atoms. The largest absolute Gasteiger partial charge is 0.322 e. The second-order valence-electron chi connectivity index (χ2n) is 4.86. The molecule has 0 heterocycles. The van der Waals surface area contributed by atoms with E-state index in [0.717, 1.165) is 22.4 Å². The Kier molecular flexibility index (Phi) is 4.17. The summed E-state index contributed by atoms with van der Waals surface area (Å²) in [5, 5.41) is 11.5. The third-order valence-electron chi connectivity index (χ3n) is 2.98. The SMILES string of the molecule is Cc1cc(C)cc(NC(=O)c2ccc(CC#N)cc2)c1. The van der Waals surface area contributed by atoms with Gasteiger partial charge in [-0.2, -0.15) is 5.26 Å². The zero-order chi connectivity index (χ0) is 14.5. The minimum absolute atomic E-state index is 0.140. The molecule has 2 aromatic carbocycles. The van der Waals surface area contributed by atoms with E-state index in [1.165, 1.54) is 0 Å². The van der Waals surface area contributed by atoms with Gasteiger partial charge in [0.1, 0.15) is 0 Å². The summed E-state index contributed by atoms with van der Waals surface area (Å²) in [6.45, 7) is 4.00. The van der Waals surface area contributed by atoms with Crippen LogP contribution in [0.1, 0.15) is 27.0 Å². The number of carbonyl (C=O) groups is 1. The fraction of sp³-hybridized carbons (Fsp3) is 0.176.